The summed E-state index contributed by atoms with van der Waals surface area (Å²) in [5.74, 6) is 0.837. The molecule has 4 heteroatoms. The predicted octanol–water partition coefficient (Wildman–Crippen LogP) is 3.19. The molecule has 0 saturated heterocycles. The number of para-hydroxylation sites is 1. The number of benzene rings is 1. The average Bonchev–Trinajstić information content (AvgIpc) is 2.89. The molecule has 0 aliphatic rings. The number of anilines is 1. The second-order valence-corrected chi connectivity index (χ2v) is 4.13. The van der Waals surface area contributed by atoms with Crippen LogP contribution in [-0.2, 0) is 0 Å². The van der Waals surface area contributed by atoms with Crippen LogP contribution in [0, 0.1) is 18.3 Å². The van der Waals surface area contributed by atoms with E-state index in [1.165, 1.54) is 0 Å². The van der Waals surface area contributed by atoms with E-state index in [-0.39, 0.29) is 5.88 Å². The molecule has 3 N–H and O–H groups in total. The highest BCUT2D eigenvalue weighted by atomic mass is 16.4. The number of rotatable bonds is 1. The first-order chi connectivity index (χ1) is 8.72. The van der Waals surface area contributed by atoms with Gasteiger partial charge >= 0.3 is 0 Å². The largest absolute Gasteiger partial charge is 0.444 e. The molecule has 0 radical (unpaired) electrons. The molecule has 0 aliphatic carbocycles. The van der Waals surface area contributed by atoms with Gasteiger partial charge in [-0.25, -0.2) is 0 Å². The van der Waals surface area contributed by atoms with Crippen molar-refractivity contribution in [3.63, 3.8) is 0 Å². The number of nitriles is 1. The van der Waals surface area contributed by atoms with Crippen LogP contribution in [0.25, 0.3) is 22.0 Å². The third kappa shape index (κ3) is 1.31. The molecule has 0 aliphatic heterocycles. The second kappa shape index (κ2) is 3.67. The maximum atomic E-state index is 9.18. The van der Waals surface area contributed by atoms with E-state index in [1.807, 2.05) is 37.4 Å². The molecule has 3 aromatic rings. The van der Waals surface area contributed by atoms with Gasteiger partial charge in [0.1, 0.15) is 17.4 Å². The van der Waals surface area contributed by atoms with E-state index in [9.17, 15) is 5.26 Å². The molecule has 0 bridgehead atoms. The molecule has 88 valence electrons. The van der Waals surface area contributed by atoms with Crippen LogP contribution in [0.5, 0.6) is 0 Å². The summed E-state index contributed by atoms with van der Waals surface area (Å²) in [4.78, 5) is 3.18. The number of hydrogen-bond acceptors (Lipinski definition) is 3. The number of aromatic amines is 1. The van der Waals surface area contributed by atoms with E-state index >= 15 is 0 Å². The summed E-state index contributed by atoms with van der Waals surface area (Å²) in [5, 5.41) is 10.2. The Morgan fingerprint density at radius 3 is 2.89 bits per heavy atom. The van der Waals surface area contributed by atoms with Crippen molar-refractivity contribution in [1.82, 2.24) is 4.98 Å². The zero-order valence-electron chi connectivity index (χ0n) is 9.82. The van der Waals surface area contributed by atoms with Gasteiger partial charge < -0.3 is 15.1 Å². The number of fused-ring (bicyclic) bond motifs is 1. The lowest BCUT2D eigenvalue weighted by atomic mass is 10.0. The lowest BCUT2D eigenvalue weighted by Crippen LogP contribution is -1.85. The number of nitrogens with two attached hydrogens (primary N) is 1. The minimum absolute atomic E-state index is 0.176. The molecule has 0 unspecified atom stereocenters. The van der Waals surface area contributed by atoms with Gasteiger partial charge in [-0.3, -0.25) is 0 Å². The Morgan fingerprint density at radius 1 is 1.33 bits per heavy atom. The smallest absolute Gasteiger partial charge is 0.209 e. The van der Waals surface area contributed by atoms with Crippen molar-refractivity contribution in [3.8, 4) is 17.2 Å². The summed E-state index contributed by atoms with van der Waals surface area (Å²) in [6, 6.07) is 10.0. The summed E-state index contributed by atoms with van der Waals surface area (Å²) in [6.07, 6.45) is 1.88. The first-order valence-corrected chi connectivity index (χ1v) is 5.58. The van der Waals surface area contributed by atoms with Crippen molar-refractivity contribution < 1.29 is 4.42 Å². The average molecular weight is 237 g/mol. The molecular weight excluding hydrogens is 226 g/mol. The predicted molar refractivity (Wildman–Crippen MR) is 69.9 cm³/mol. The van der Waals surface area contributed by atoms with Gasteiger partial charge in [-0.15, -0.1) is 0 Å². The van der Waals surface area contributed by atoms with Crippen molar-refractivity contribution in [2.75, 3.05) is 5.73 Å². The number of nitrogens with zero attached hydrogens (tertiary/aromatic N) is 1. The van der Waals surface area contributed by atoms with Crippen LogP contribution < -0.4 is 5.73 Å². The van der Waals surface area contributed by atoms with Gasteiger partial charge in [-0.1, -0.05) is 18.2 Å². The van der Waals surface area contributed by atoms with E-state index < -0.39 is 0 Å². The Balaban J connectivity index is 2.37. The molecule has 4 nitrogen and oxygen atoms in total. The maximum Gasteiger partial charge on any atom is 0.209 e. The normalized spacial score (nSPS) is 10.7. The van der Waals surface area contributed by atoms with Crippen LogP contribution in [-0.4, -0.2) is 4.98 Å². The molecule has 0 amide bonds. The van der Waals surface area contributed by atoms with Gasteiger partial charge in [-0.2, -0.15) is 5.26 Å². The van der Waals surface area contributed by atoms with Crippen molar-refractivity contribution >= 4 is 16.8 Å². The number of H-pyrrole nitrogens is 1. The van der Waals surface area contributed by atoms with Crippen LogP contribution in [0.15, 0.2) is 34.9 Å². The van der Waals surface area contributed by atoms with Gasteiger partial charge in [0.05, 0.1) is 0 Å². The van der Waals surface area contributed by atoms with Crippen molar-refractivity contribution in [2.45, 2.75) is 6.92 Å². The van der Waals surface area contributed by atoms with E-state index in [0.29, 0.717) is 11.3 Å². The summed E-state index contributed by atoms with van der Waals surface area (Å²) in [6.45, 7) is 1.81. The molecule has 0 atom stereocenters. The fourth-order valence-corrected chi connectivity index (χ4v) is 2.28. The highest BCUT2D eigenvalue weighted by Gasteiger charge is 2.19. The molecule has 2 heterocycles. The van der Waals surface area contributed by atoms with E-state index in [2.05, 4.69) is 11.1 Å². The van der Waals surface area contributed by atoms with Gasteiger partial charge in [-0.05, 0) is 13.0 Å². The van der Waals surface area contributed by atoms with Crippen molar-refractivity contribution in [2.24, 2.45) is 0 Å². The van der Waals surface area contributed by atoms with Crippen LogP contribution >= 0.6 is 0 Å². The van der Waals surface area contributed by atoms with E-state index in [0.717, 1.165) is 22.0 Å². The Bertz CT molecular complexity index is 774. The summed E-state index contributed by atoms with van der Waals surface area (Å²) < 4.78 is 5.35. The Morgan fingerprint density at radius 2 is 2.11 bits per heavy atom. The maximum absolute atomic E-state index is 9.18. The first kappa shape index (κ1) is 10.5. The SMILES string of the molecule is Cc1oc(N)c(C#N)c1-c1c[nH]c2ccccc12. The molecule has 0 saturated carbocycles. The summed E-state index contributed by atoms with van der Waals surface area (Å²) >= 11 is 0. The summed E-state index contributed by atoms with van der Waals surface area (Å²) in [7, 11) is 0. The number of aryl methyl sites for hydroxylation is 1. The highest BCUT2D eigenvalue weighted by Crippen LogP contribution is 2.37. The van der Waals surface area contributed by atoms with Crippen LogP contribution in [0.2, 0.25) is 0 Å². The van der Waals surface area contributed by atoms with E-state index in [4.69, 9.17) is 10.2 Å². The monoisotopic (exact) mass is 237 g/mol. The zero-order chi connectivity index (χ0) is 12.7. The van der Waals surface area contributed by atoms with Gasteiger partial charge in [0, 0.05) is 28.2 Å². The molecule has 18 heavy (non-hydrogen) atoms. The lowest BCUT2D eigenvalue weighted by molar-refractivity contribution is 0.554. The first-order valence-electron chi connectivity index (χ1n) is 5.58. The molecule has 0 spiro atoms. The van der Waals surface area contributed by atoms with Gasteiger partial charge in [0.15, 0.2) is 0 Å². The number of nitrogens with one attached hydrogen (secondary N) is 1. The van der Waals surface area contributed by atoms with Gasteiger partial charge in [0.2, 0.25) is 5.88 Å². The quantitative estimate of drug-likeness (QED) is 0.682. The number of hydrogen-bond donors (Lipinski definition) is 2. The highest BCUT2D eigenvalue weighted by molar-refractivity contribution is 5.98. The lowest BCUT2D eigenvalue weighted by Gasteiger charge is -1.97. The molecule has 3 rings (SSSR count). The minimum atomic E-state index is 0.176. The summed E-state index contributed by atoms with van der Waals surface area (Å²) in [5.41, 5.74) is 8.84. The fraction of sp³-hybridized carbons (Fsp3) is 0.0714. The second-order valence-electron chi connectivity index (χ2n) is 4.13. The Hall–Kier alpha value is -2.67. The molecule has 1 aromatic carbocycles. The molecule has 0 fully saturated rings. The zero-order valence-corrected chi connectivity index (χ0v) is 9.82. The number of nitrogen functional groups attached to an aromatic ring is 1. The fourth-order valence-electron chi connectivity index (χ4n) is 2.28. The van der Waals surface area contributed by atoms with E-state index in [1.54, 1.807) is 0 Å². The molecular formula is C14H11N3O. The topological polar surface area (TPSA) is 78.7 Å². The third-order valence-corrected chi connectivity index (χ3v) is 3.08. The van der Waals surface area contributed by atoms with Crippen LogP contribution in [0.4, 0.5) is 5.88 Å². The van der Waals surface area contributed by atoms with Crippen LogP contribution in [0.1, 0.15) is 11.3 Å². The Labute approximate surface area is 104 Å². The van der Waals surface area contributed by atoms with Crippen molar-refractivity contribution in [3.05, 3.63) is 41.8 Å². The number of aromatic nitrogens is 1. The third-order valence-electron chi connectivity index (χ3n) is 3.08. The number of furan rings is 1. The van der Waals surface area contributed by atoms with Crippen molar-refractivity contribution in [1.29, 1.82) is 5.26 Å². The minimum Gasteiger partial charge on any atom is -0.444 e. The van der Waals surface area contributed by atoms with Crippen LogP contribution in [0.3, 0.4) is 0 Å². The van der Waals surface area contributed by atoms with Gasteiger partial charge in [0.25, 0.3) is 0 Å². The molecule has 2 aromatic heterocycles. The Kier molecular flexibility index (Phi) is 2.14. The standard InChI is InChI=1S/C14H11N3O/c1-8-13(10(6-15)14(16)18-8)11-7-17-12-5-3-2-4-9(11)12/h2-5,7,17H,16H2,1H3.